The molecule has 5 nitrogen and oxygen atoms in total. The number of carbonyl (C=O) groups is 1. The van der Waals surface area contributed by atoms with E-state index in [1.807, 2.05) is 42.5 Å². The van der Waals surface area contributed by atoms with Gasteiger partial charge in [0.15, 0.2) is 0 Å². The molecule has 0 fully saturated rings. The SMILES string of the molecule is COc1cc2ccccc2cc1C(=O)N/N=C\c1ccccc1OCc1ccccc1F. The van der Waals surface area contributed by atoms with Crippen LogP contribution in [-0.4, -0.2) is 19.2 Å². The third-order valence-electron chi connectivity index (χ3n) is 4.94. The van der Waals surface area contributed by atoms with Crippen LogP contribution in [0, 0.1) is 5.82 Å². The molecule has 6 heteroatoms. The zero-order valence-electron chi connectivity index (χ0n) is 17.4. The molecule has 0 saturated heterocycles. The minimum atomic E-state index is -0.395. The molecule has 0 aliphatic heterocycles. The number of hydrogen-bond acceptors (Lipinski definition) is 4. The number of benzene rings is 4. The van der Waals surface area contributed by atoms with Gasteiger partial charge >= 0.3 is 0 Å². The Hall–Kier alpha value is -4.19. The van der Waals surface area contributed by atoms with Crippen molar-refractivity contribution < 1.29 is 18.7 Å². The van der Waals surface area contributed by atoms with Gasteiger partial charge in [0.1, 0.15) is 23.9 Å². The standard InChI is InChI=1S/C26H21FN2O3/c1-31-25-15-19-9-3-2-8-18(19)14-22(25)26(30)29-28-16-20-10-5-7-13-24(20)32-17-21-11-4-6-12-23(21)27/h2-16H,17H2,1H3,(H,29,30)/b28-16-. The molecular weight excluding hydrogens is 407 g/mol. The van der Waals surface area contributed by atoms with Gasteiger partial charge in [-0.05, 0) is 41.1 Å². The Bertz CT molecular complexity index is 1290. The Morgan fingerprint density at radius 1 is 0.938 bits per heavy atom. The molecule has 0 aliphatic carbocycles. The van der Waals surface area contributed by atoms with E-state index in [9.17, 15) is 9.18 Å². The van der Waals surface area contributed by atoms with Crippen LogP contribution in [0.3, 0.4) is 0 Å². The molecule has 0 spiro atoms. The summed E-state index contributed by atoms with van der Waals surface area (Å²) in [5.74, 6) is 0.269. The summed E-state index contributed by atoms with van der Waals surface area (Å²) in [5, 5.41) is 5.97. The number of rotatable bonds is 7. The van der Waals surface area contributed by atoms with Gasteiger partial charge in [-0.15, -0.1) is 0 Å². The van der Waals surface area contributed by atoms with Crippen molar-refractivity contribution in [2.45, 2.75) is 6.61 Å². The van der Waals surface area contributed by atoms with Crippen molar-refractivity contribution in [2.24, 2.45) is 5.10 Å². The molecule has 4 rings (SSSR count). The number of fused-ring (bicyclic) bond motifs is 1. The van der Waals surface area contributed by atoms with Crippen molar-refractivity contribution in [2.75, 3.05) is 7.11 Å². The van der Waals surface area contributed by atoms with E-state index in [-0.39, 0.29) is 12.4 Å². The molecule has 160 valence electrons. The van der Waals surface area contributed by atoms with Crippen LogP contribution in [-0.2, 0) is 6.61 Å². The first-order valence-corrected chi connectivity index (χ1v) is 10.0. The number of nitrogens with one attached hydrogen (secondary N) is 1. The predicted octanol–water partition coefficient (Wildman–Crippen LogP) is 5.33. The monoisotopic (exact) mass is 428 g/mol. The summed E-state index contributed by atoms with van der Waals surface area (Å²) < 4.78 is 25.0. The fourth-order valence-corrected chi connectivity index (χ4v) is 3.28. The summed E-state index contributed by atoms with van der Waals surface area (Å²) in [7, 11) is 1.52. The van der Waals surface area contributed by atoms with Crippen molar-refractivity contribution in [3.8, 4) is 11.5 Å². The molecule has 0 bridgehead atoms. The molecule has 0 unspecified atom stereocenters. The van der Waals surface area contributed by atoms with Crippen LogP contribution in [0.25, 0.3) is 10.8 Å². The van der Waals surface area contributed by atoms with E-state index in [1.165, 1.54) is 19.4 Å². The smallest absolute Gasteiger partial charge is 0.275 e. The van der Waals surface area contributed by atoms with Gasteiger partial charge in [-0.25, -0.2) is 9.82 Å². The second kappa shape index (κ2) is 9.75. The average molecular weight is 428 g/mol. The Balaban J connectivity index is 1.48. The molecule has 0 radical (unpaired) electrons. The van der Waals surface area contributed by atoms with Crippen molar-refractivity contribution in [3.05, 3.63) is 107 Å². The number of amides is 1. The quantitative estimate of drug-likeness (QED) is 0.320. The minimum Gasteiger partial charge on any atom is -0.496 e. The first kappa shape index (κ1) is 21.1. The van der Waals surface area contributed by atoms with Crippen molar-refractivity contribution in [1.82, 2.24) is 5.43 Å². The zero-order chi connectivity index (χ0) is 22.3. The lowest BCUT2D eigenvalue weighted by atomic mass is 10.1. The lowest BCUT2D eigenvalue weighted by Crippen LogP contribution is -2.18. The predicted molar refractivity (Wildman–Crippen MR) is 123 cm³/mol. The van der Waals surface area contributed by atoms with E-state index in [1.54, 1.807) is 36.4 Å². The normalized spacial score (nSPS) is 10.9. The number of hydrazone groups is 1. The fourth-order valence-electron chi connectivity index (χ4n) is 3.28. The molecule has 4 aromatic rings. The van der Waals surface area contributed by atoms with Crippen LogP contribution >= 0.6 is 0 Å². The van der Waals surface area contributed by atoms with E-state index in [2.05, 4.69) is 10.5 Å². The molecular formula is C26H21FN2O3. The van der Waals surface area contributed by atoms with Gasteiger partial charge in [-0.2, -0.15) is 5.10 Å². The van der Waals surface area contributed by atoms with Gasteiger partial charge in [-0.1, -0.05) is 54.6 Å². The Labute approximate surface area is 185 Å². The van der Waals surface area contributed by atoms with E-state index in [0.29, 0.717) is 28.2 Å². The van der Waals surface area contributed by atoms with Crippen molar-refractivity contribution >= 4 is 22.9 Å². The number of methoxy groups -OCH3 is 1. The Kier molecular flexibility index (Phi) is 6.41. The number of para-hydroxylation sites is 1. The third kappa shape index (κ3) is 4.75. The molecule has 0 atom stereocenters. The summed E-state index contributed by atoms with van der Waals surface area (Å²) in [6.07, 6.45) is 1.49. The fraction of sp³-hybridized carbons (Fsp3) is 0.0769. The number of nitrogens with zero attached hydrogens (tertiary/aromatic N) is 1. The zero-order valence-corrected chi connectivity index (χ0v) is 17.4. The summed E-state index contributed by atoms with van der Waals surface area (Å²) >= 11 is 0. The summed E-state index contributed by atoms with van der Waals surface area (Å²) in [6, 6.07) is 24.9. The highest BCUT2D eigenvalue weighted by molar-refractivity contribution is 6.02. The van der Waals surface area contributed by atoms with Crippen LogP contribution in [0.4, 0.5) is 4.39 Å². The number of hydrogen-bond donors (Lipinski definition) is 1. The molecule has 0 heterocycles. The molecule has 0 aliphatic rings. The largest absolute Gasteiger partial charge is 0.496 e. The Morgan fingerprint density at radius 2 is 1.62 bits per heavy atom. The van der Waals surface area contributed by atoms with Crippen LogP contribution in [0.1, 0.15) is 21.5 Å². The van der Waals surface area contributed by atoms with E-state index in [4.69, 9.17) is 9.47 Å². The molecule has 0 saturated carbocycles. The number of ether oxygens (including phenoxy) is 2. The second-order valence-electron chi connectivity index (χ2n) is 7.02. The van der Waals surface area contributed by atoms with Crippen LogP contribution in [0.15, 0.2) is 90.0 Å². The molecule has 1 amide bonds. The van der Waals surface area contributed by atoms with E-state index in [0.717, 1.165) is 10.8 Å². The maximum absolute atomic E-state index is 13.8. The number of carbonyl (C=O) groups excluding carboxylic acids is 1. The van der Waals surface area contributed by atoms with Crippen LogP contribution in [0.2, 0.25) is 0 Å². The van der Waals surface area contributed by atoms with Gasteiger partial charge in [0.25, 0.3) is 5.91 Å². The third-order valence-corrected chi connectivity index (χ3v) is 4.94. The van der Waals surface area contributed by atoms with Crippen LogP contribution in [0.5, 0.6) is 11.5 Å². The van der Waals surface area contributed by atoms with E-state index < -0.39 is 5.91 Å². The molecule has 1 N–H and O–H groups in total. The molecule has 0 aromatic heterocycles. The van der Waals surface area contributed by atoms with Crippen LogP contribution < -0.4 is 14.9 Å². The van der Waals surface area contributed by atoms with Crippen molar-refractivity contribution in [1.29, 1.82) is 0 Å². The molecule has 4 aromatic carbocycles. The highest BCUT2D eigenvalue weighted by Gasteiger charge is 2.13. The van der Waals surface area contributed by atoms with Gasteiger partial charge in [0, 0.05) is 11.1 Å². The number of halogens is 1. The first-order valence-electron chi connectivity index (χ1n) is 10.0. The maximum atomic E-state index is 13.8. The average Bonchev–Trinajstić information content (AvgIpc) is 2.83. The second-order valence-corrected chi connectivity index (χ2v) is 7.02. The highest BCUT2D eigenvalue weighted by atomic mass is 19.1. The van der Waals surface area contributed by atoms with Gasteiger partial charge in [0.05, 0.1) is 18.9 Å². The van der Waals surface area contributed by atoms with Gasteiger partial charge in [-0.3, -0.25) is 4.79 Å². The molecule has 32 heavy (non-hydrogen) atoms. The topological polar surface area (TPSA) is 59.9 Å². The van der Waals surface area contributed by atoms with Crippen molar-refractivity contribution in [3.63, 3.8) is 0 Å². The summed E-state index contributed by atoms with van der Waals surface area (Å²) in [5.41, 5.74) is 4.02. The van der Waals surface area contributed by atoms with Gasteiger partial charge < -0.3 is 9.47 Å². The summed E-state index contributed by atoms with van der Waals surface area (Å²) in [6.45, 7) is 0.0815. The lowest BCUT2D eigenvalue weighted by molar-refractivity contribution is 0.0952. The van der Waals surface area contributed by atoms with Gasteiger partial charge in [0.2, 0.25) is 0 Å². The minimum absolute atomic E-state index is 0.0815. The first-order chi connectivity index (χ1) is 15.7. The van der Waals surface area contributed by atoms with E-state index >= 15 is 0 Å². The summed E-state index contributed by atoms with van der Waals surface area (Å²) in [4.78, 5) is 12.7. The maximum Gasteiger partial charge on any atom is 0.275 e. The Morgan fingerprint density at radius 3 is 2.41 bits per heavy atom. The highest BCUT2D eigenvalue weighted by Crippen LogP contribution is 2.26. The lowest BCUT2D eigenvalue weighted by Gasteiger charge is -2.10.